The summed E-state index contributed by atoms with van der Waals surface area (Å²) in [4.78, 5) is 13.9. The molecule has 0 unspecified atom stereocenters. The zero-order chi connectivity index (χ0) is 20.3. The average molecular weight is 399 g/mol. The van der Waals surface area contributed by atoms with Gasteiger partial charge in [0, 0.05) is 44.2 Å². The van der Waals surface area contributed by atoms with Gasteiger partial charge in [0.05, 0.1) is 31.0 Å². The summed E-state index contributed by atoms with van der Waals surface area (Å²) < 4.78 is 5.24. The molecule has 6 nitrogen and oxygen atoms in total. The first-order valence-corrected chi connectivity index (χ1v) is 10.3. The maximum absolute atomic E-state index is 5.24. The lowest BCUT2D eigenvalue weighted by Gasteiger charge is -2.33. The summed E-state index contributed by atoms with van der Waals surface area (Å²) in [6, 6.07) is 12.6. The molecule has 0 radical (unpaired) electrons. The largest absolute Gasteiger partial charge is 0.472 e. The summed E-state index contributed by atoms with van der Waals surface area (Å²) >= 11 is 0. The standard InChI is InChI=1S/C24H25N5O/c1-28-7-9-29(10-8-28)24-5-4-22(16-27-24)26-15-21-14-25-13-19-3-2-18(12-23(19)21)20-6-11-30-17-20/h2-6,11-13,15-17,26H,7-10,14H2,1H3/b21-15+. The van der Waals surface area contributed by atoms with Gasteiger partial charge in [0.25, 0.3) is 0 Å². The van der Waals surface area contributed by atoms with Crippen LogP contribution in [0.3, 0.4) is 0 Å². The second-order valence-electron chi connectivity index (χ2n) is 7.79. The topological polar surface area (TPSA) is 56.9 Å². The molecule has 5 rings (SSSR count). The van der Waals surface area contributed by atoms with E-state index in [1.54, 1.807) is 12.5 Å². The van der Waals surface area contributed by atoms with Crippen LogP contribution < -0.4 is 10.2 Å². The Morgan fingerprint density at radius 1 is 1.03 bits per heavy atom. The molecule has 2 aromatic heterocycles. The third kappa shape index (κ3) is 3.86. The monoisotopic (exact) mass is 399 g/mol. The average Bonchev–Trinajstić information content (AvgIpc) is 3.33. The number of benzene rings is 1. The highest BCUT2D eigenvalue weighted by atomic mass is 16.3. The number of fused-ring (bicyclic) bond motifs is 1. The molecule has 0 spiro atoms. The van der Waals surface area contributed by atoms with Crippen molar-refractivity contribution in [2.75, 3.05) is 50.0 Å². The van der Waals surface area contributed by atoms with Crippen molar-refractivity contribution in [3.63, 3.8) is 0 Å². The van der Waals surface area contributed by atoms with Gasteiger partial charge < -0.3 is 19.5 Å². The zero-order valence-electron chi connectivity index (χ0n) is 17.1. The maximum atomic E-state index is 5.24. The van der Waals surface area contributed by atoms with Crippen molar-refractivity contribution < 1.29 is 4.42 Å². The Labute approximate surface area is 176 Å². The van der Waals surface area contributed by atoms with Crippen molar-refractivity contribution >= 4 is 23.3 Å². The highest BCUT2D eigenvalue weighted by Gasteiger charge is 2.15. The third-order valence-corrected chi connectivity index (χ3v) is 5.73. The van der Waals surface area contributed by atoms with Crippen molar-refractivity contribution in [2.45, 2.75) is 0 Å². The fraction of sp³-hybridized carbons (Fsp3) is 0.250. The number of anilines is 2. The molecule has 1 N–H and O–H groups in total. The number of piperazine rings is 1. The van der Waals surface area contributed by atoms with Gasteiger partial charge in [0.15, 0.2) is 0 Å². The number of rotatable bonds is 4. The van der Waals surface area contributed by atoms with Crippen molar-refractivity contribution in [3.8, 4) is 11.1 Å². The number of hydrogen-bond acceptors (Lipinski definition) is 6. The summed E-state index contributed by atoms with van der Waals surface area (Å²) in [5, 5.41) is 3.40. The van der Waals surface area contributed by atoms with Gasteiger partial charge in [-0.05, 0) is 53.6 Å². The van der Waals surface area contributed by atoms with Gasteiger partial charge in [-0.15, -0.1) is 0 Å². The minimum atomic E-state index is 0.654. The Balaban J connectivity index is 1.33. The first-order valence-electron chi connectivity index (χ1n) is 10.3. The molecule has 0 amide bonds. The van der Waals surface area contributed by atoms with E-state index in [9.17, 15) is 0 Å². The number of aliphatic imine (C=N–C) groups is 1. The Hall–Kier alpha value is -3.38. The van der Waals surface area contributed by atoms with E-state index in [4.69, 9.17) is 4.42 Å². The van der Waals surface area contributed by atoms with Crippen LogP contribution in [-0.2, 0) is 0 Å². The number of furan rings is 1. The zero-order valence-corrected chi connectivity index (χ0v) is 17.1. The van der Waals surface area contributed by atoms with E-state index in [-0.39, 0.29) is 0 Å². The van der Waals surface area contributed by atoms with Crippen molar-refractivity contribution in [2.24, 2.45) is 4.99 Å². The van der Waals surface area contributed by atoms with Crippen LogP contribution >= 0.6 is 0 Å². The van der Waals surface area contributed by atoms with Gasteiger partial charge in [-0.1, -0.05) is 12.1 Å². The molecular formula is C24H25N5O. The van der Waals surface area contributed by atoms with E-state index < -0.39 is 0 Å². The molecule has 1 fully saturated rings. The van der Waals surface area contributed by atoms with Crippen LogP contribution in [0.4, 0.5) is 11.5 Å². The first kappa shape index (κ1) is 18.6. The van der Waals surface area contributed by atoms with Crippen LogP contribution in [0.5, 0.6) is 0 Å². The summed E-state index contributed by atoms with van der Waals surface area (Å²) in [7, 11) is 2.16. The highest BCUT2D eigenvalue weighted by molar-refractivity contribution is 5.94. The minimum Gasteiger partial charge on any atom is -0.472 e. The third-order valence-electron chi connectivity index (χ3n) is 5.73. The van der Waals surface area contributed by atoms with Gasteiger partial charge in [-0.3, -0.25) is 4.99 Å². The molecule has 2 aliphatic rings. The number of hydrogen-bond donors (Lipinski definition) is 1. The summed E-state index contributed by atoms with van der Waals surface area (Å²) in [6.45, 7) is 4.85. The molecule has 3 aromatic rings. The maximum Gasteiger partial charge on any atom is 0.128 e. The number of nitrogens with one attached hydrogen (secondary N) is 1. The van der Waals surface area contributed by atoms with E-state index in [0.717, 1.165) is 59.9 Å². The van der Waals surface area contributed by atoms with Crippen molar-refractivity contribution in [1.29, 1.82) is 0 Å². The van der Waals surface area contributed by atoms with E-state index in [2.05, 4.69) is 62.5 Å². The summed E-state index contributed by atoms with van der Waals surface area (Å²) in [5.74, 6) is 1.04. The SMILES string of the molecule is CN1CCN(c2ccc(N/C=C3\CN=Cc4ccc(-c5ccoc5)cc43)cn2)CC1. The molecule has 0 bridgehead atoms. The number of aromatic nitrogens is 1. The molecule has 0 saturated carbocycles. The van der Waals surface area contributed by atoms with Gasteiger partial charge in [0.2, 0.25) is 0 Å². The van der Waals surface area contributed by atoms with Crippen LogP contribution in [0.2, 0.25) is 0 Å². The molecule has 0 atom stereocenters. The fourth-order valence-electron chi connectivity index (χ4n) is 3.87. The Morgan fingerprint density at radius 2 is 1.93 bits per heavy atom. The van der Waals surface area contributed by atoms with Gasteiger partial charge in [-0.2, -0.15) is 0 Å². The number of likely N-dealkylation sites (N-methyl/N-ethyl adjacent to an activating group) is 1. The van der Waals surface area contributed by atoms with Crippen LogP contribution in [0.15, 0.2) is 70.7 Å². The quantitative estimate of drug-likeness (QED) is 0.719. The van der Waals surface area contributed by atoms with Gasteiger partial charge in [-0.25, -0.2) is 4.98 Å². The molecule has 4 heterocycles. The first-order chi connectivity index (χ1) is 14.8. The van der Waals surface area contributed by atoms with E-state index in [1.165, 1.54) is 5.56 Å². The highest BCUT2D eigenvalue weighted by Crippen LogP contribution is 2.29. The lowest BCUT2D eigenvalue weighted by atomic mass is 9.94. The van der Waals surface area contributed by atoms with E-state index >= 15 is 0 Å². The van der Waals surface area contributed by atoms with Crippen LogP contribution in [0.25, 0.3) is 16.7 Å². The molecular weight excluding hydrogens is 374 g/mol. The predicted octanol–water partition coefficient (Wildman–Crippen LogP) is 3.98. The van der Waals surface area contributed by atoms with Gasteiger partial charge >= 0.3 is 0 Å². The number of pyridine rings is 1. The molecule has 2 aliphatic heterocycles. The minimum absolute atomic E-state index is 0.654. The molecule has 1 saturated heterocycles. The van der Waals surface area contributed by atoms with E-state index in [0.29, 0.717) is 6.54 Å². The Bertz CT molecular complexity index is 1060. The normalized spacial score (nSPS) is 17.9. The Kier molecular flexibility index (Phi) is 5.07. The van der Waals surface area contributed by atoms with Crippen LogP contribution in [-0.4, -0.2) is 55.9 Å². The van der Waals surface area contributed by atoms with Crippen LogP contribution in [0.1, 0.15) is 11.1 Å². The molecule has 152 valence electrons. The lowest BCUT2D eigenvalue weighted by molar-refractivity contribution is 0.312. The lowest BCUT2D eigenvalue weighted by Crippen LogP contribution is -2.44. The van der Waals surface area contributed by atoms with Crippen molar-refractivity contribution in [3.05, 3.63) is 72.4 Å². The molecule has 30 heavy (non-hydrogen) atoms. The smallest absolute Gasteiger partial charge is 0.128 e. The fourth-order valence-corrected chi connectivity index (χ4v) is 3.87. The number of nitrogens with zero attached hydrogens (tertiary/aromatic N) is 4. The van der Waals surface area contributed by atoms with Crippen molar-refractivity contribution in [1.82, 2.24) is 9.88 Å². The predicted molar refractivity (Wildman–Crippen MR) is 122 cm³/mol. The molecule has 6 heteroatoms. The van der Waals surface area contributed by atoms with Gasteiger partial charge in [0.1, 0.15) is 5.82 Å². The summed E-state index contributed by atoms with van der Waals surface area (Å²) in [6.07, 6.45) is 9.36. The van der Waals surface area contributed by atoms with E-state index in [1.807, 2.05) is 24.7 Å². The Morgan fingerprint density at radius 3 is 2.70 bits per heavy atom. The second kappa shape index (κ2) is 8.16. The molecule has 0 aliphatic carbocycles. The second-order valence-corrected chi connectivity index (χ2v) is 7.79. The molecule has 1 aromatic carbocycles. The van der Waals surface area contributed by atoms with Crippen LogP contribution in [0, 0.1) is 0 Å². The summed E-state index contributed by atoms with van der Waals surface area (Å²) in [5.41, 5.74) is 6.67.